The van der Waals surface area contributed by atoms with E-state index in [9.17, 15) is 9.59 Å². The molecule has 0 spiro atoms. The average Bonchev–Trinajstić information content (AvgIpc) is 2.81. The predicted octanol–water partition coefficient (Wildman–Crippen LogP) is 3.57. The minimum Gasteiger partial charge on any atom is -0.465 e. The zero-order valence-corrected chi connectivity index (χ0v) is 12.1. The summed E-state index contributed by atoms with van der Waals surface area (Å²) in [6.07, 6.45) is 2.84. The van der Waals surface area contributed by atoms with Crippen LogP contribution >= 0.6 is 0 Å². The first-order valence-corrected chi connectivity index (χ1v) is 6.89. The predicted molar refractivity (Wildman–Crippen MR) is 81.5 cm³/mol. The fourth-order valence-corrected chi connectivity index (χ4v) is 2.20. The molecule has 0 aliphatic carbocycles. The molecule has 0 aliphatic heterocycles. The van der Waals surface area contributed by atoms with Gasteiger partial charge in [-0.25, -0.2) is 0 Å². The molecule has 0 N–H and O–H groups in total. The lowest BCUT2D eigenvalue weighted by atomic mass is 10.1. The van der Waals surface area contributed by atoms with Crippen molar-refractivity contribution >= 4 is 11.6 Å². The van der Waals surface area contributed by atoms with Gasteiger partial charge in [-0.2, -0.15) is 0 Å². The van der Waals surface area contributed by atoms with Crippen LogP contribution in [0.15, 0.2) is 53.5 Å². The molecule has 108 valence electrons. The first-order chi connectivity index (χ1) is 10.1. The fourth-order valence-electron chi connectivity index (χ4n) is 2.20. The highest BCUT2D eigenvalue weighted by atomic mass is 16.3. The number of hydrogen-bond donors (Lipinski definition) is 0. The second-order valence-electron chi connectivity index (χ2n) is 5.00. The Kier molecular flexibility index (Phi) is 4.88. The summed E-state index contributed by atoms with van der Waals surface area (Å²) in [7, 11) is 0. The third kappa shape index (κ3) is 4.02. The van der Waals surface area contributed by atoms with Crippen LogP contribution in [-0.4, -0.2) is 11.6 Å². The minimum atomic E-state index is 0.00359. The summed E-state index contributed by atoms with van der Waals surface area (Å²) >= 11 is 0. The molecule has 1 heterocycles. The molecule has 0 saturated heterocycles. The number of carbonyl (C=O) groups excluding carboxylic acids is 2. The molecule has 3 heteroatoms. The van der Waals surface area contributed by atoms with E-state index in [2.05, 4.69) is 6.58 Å². The maximum absolute atomic E-state index is 12.2. The number of rotatable bonds is 7. The quantitative estimate of drug-likeness (QED) is 0.576. The van der Waals surface area contributed by atoms with Crippen molar-refractivity contribution in [1.82, 2.24) is 0 Å². The van der Waals surface area contributed by atoms with Gasteiger partial charge in [0.1, 0.15) is 17.3 Å². The maximum Gasteiger partial charge on any atom is 0.170 e. The fraction of sp³-hybridized carbons (Fsp3) is 0.222. The van der Waals surface area contributed by atoms with Crippen LogP contribution in [0.5, 0.6) is 0 Å². The number of allylic oxidation sites excluding steroid dienone is 1. The van der Waals surface area contributed by atoms with Crippen molar-refractivity contribution in [3.63, 3.8) is 0 Å². The Bertz CT molecular complexity index is 650. The van der Waals surface area contributed by atoms with Gasteiger partial charge in [0.05, 0.1) is 12.8 Å². The van der Waals surface area contributed by atoms with Gasteiger partial charge >= 0.3 is 0 Å². The summed E-state index contributed by atoms with van der Waals surface area (Å²) in [5.74, 6) is 1.27. The third-order valence-corrected chi connectivity index (χ3v) is 3.15. The van der Waals surface area contributed by atoms with E-state index in [0.29, 0.717) is 23.5 Å². The summed E-state index contributed by atoms with van der Waals surface area (Å²) < 4.78 is 5.68. The molecule has 0 fully saturated rings. The topological polar surface area (TPSA) is 47.3 Å². The van der Waals surface area contributed by atoms with Crippen molar-refractivity contribution in [2.75, 3.05) is 0 Å². The second-order valence-corrected chi connectivity index (χ2v) is 5.00. The standard InChI is InChI=1S/C18H18O3/c1-3-7-15-11-16(21-18(15)10-13(2)19)12-17(20)14-8-5-4-6-9-14/h3-6,8-9,11H,1,7,10,12H2,2H3. The molecular formula is C18H18O3. The zero-order valence-electron chi connectivity index (χ0n) is 12.1. The molecule has 0 bridgehead atoms. The van der Waals surface area contributed by atoms with Gasteiger partial charge < -0.3 is 4.42 Å². The highest BCUT2D eigenvalue weighted by Crippen LogP contribution is 2.19. The van der Waals surface area contributed by atoms with Crippen molar-refractivity contribution in [2.24, 2.45) is 0 Å². The van der Waals surface area contributed by atoms with Gasteiger partial charge in [0.2, 0.25) is 0 Å². The number of ketones is 2. The Morgan fingerprint density at radius 1 is 1.19 bits per heavy atom. The second kappa shape index (κ2) is 6.84. The monoisotopic (exact) mass is 282 g/mol. The van der Waals surface area contributed by atoms with Gasteiger partial charge in [-0.15, -0.1) is 6.58 Å². The average molecular weight is 282 g/mol. The van der Waals surface area contributed by atoms with Crippen LogP contribution in [0.25, 0.3) is 0 Å². The van der Waals surface area contributed by atoms with Crippen molar-refractivity contribution in [3.05, 3.63) is 71.7 Å². The number of benzene rings is 1. The van der Waals surface area contributed by atoms with Crippen LogP contribution in [-0.2, 0) is 24.1 Å². The van der Waals surface area contributed by atoms with Crippen LogP contribution in [0.4, 0.5) is 0 Å². The van der Waals surface area contributed by atoms with Gasteiger partial charge in [-0.1, -0.05) is 36.4 Å². The van der Waals surface area contributed by atoms with Crippen molar-refractivity contribution in [2.45, 2.75) is 26.2 Å². The normalized spacial score (nSPS) is 10.3. The molecule has 0 atom stereocenters. The summed E-state index contributed by atoms with van der Waals surface area (Å²) in [5, 5.41) is 0. The van der Waals surface area contributed by atoms with Gasteiger partial charge in [-0.3, -0.25) is 9.59 Å². The highest BCUT2D eigenvalue weighted by Gasteiger charge is 2.15. The van der Waals surface area contributed by atoms with Crippen LogP contribution < -0.4 is 0 Å². The molecule has 2 aromatic rings. The molecule has 21 heavy (non-hydrogen) atoms. The Morgan fingerprint density at radius 2 is 1.90 bits per heavy atom. The van der Waals surface area contributed by atoms with Crippen molar-refractivity contribution in [3.8, 4) is 0 Å². The first-order valence-electron chi connectivity index (χ1n) is 6.89. The minimum absolute atomic E-state index is 0.00359. The van der Waals surface area contributed by atoms with Crippen LogP contribution in [0.2, 0.25) is 0 Å². The molecule has 0 radical (unpaired) electrons. The summed E-state index contributed by atoms with van der Waals surface area (Å²) in [6, 6.07) is 11.0. The van der Waals surface area contributed by atoms with Gasteiger partial charge in [0, 0.05) is 5.56 Å². The Morgan fingerprint density at radius 3 is 2.52 bits per heavy atom. The largest absolute Gasteiger partial charge is 0.465 e. The van der Waals surface area contributed by atoms with Crippen LogP contribution in [0.3, 0.4) is 0 Å². The number of furan rings is 1. The number of carbonyl (C=O) groups is 2. The summed E-state index contributed by atoms with van der Waals surface area (Å²) in [6.45, 7) is 5.22. The lowest BCUT2D eigenvalue weighted by molar-refractivity contribution is -0.116. The smallest absolute Gasteiger partial charge is 0.170 e. The Labute approximate surface area is 124 Å². The molecule has 3 nitrogen and oxygen atoms in total. The number of hydrogen-bond acceptors (Lipinski definition) is 3. The van der Waals surface area contributed by atoms with Gasteiger partial charge in [0.15, 0.2) is 5.78 Å². The van der Waals surface area contributed by atoms with E-state index < -0.39 is 0 Å². The van der Waals surface area contributed by atoms with Crippen LogP contribution in [0, 0.1) is 0 Å². The van der Waals surface area contributed by atoms with E-state index in [1.54, 1.807) is 18.2 Å². The molecule has 0 aliphatic rings. The van der Waals surface area contributed by atoms with Crippen LogP contribution in [0.1, 0.15) is 34.4 Å². The number of Topliss-reactive ketones (excluding diaryl/α,β-unsaturated/α-hetero) is 2. The highest BCUT2D eigenvalue weighted by molar-refractivity contribution is 5.97. The zero-order chi connectivity index (χ0) is 15.2. The van der Waals surface area contributed by atoms with E-state index >= 15 is 0 Å². The van der Waals surface area contributed by atoms with Crippen molar-refractivity contribution < 1.29 is 14.0 Å². The molecule has 0 unspecified atom stereocenters. The van der Waals surface area contributed by atoms with E-state index in [-0.39, 0.29) is 24.4 Å². The molecule has 0 amide bonds. The Hall–Kier alpha value is -2.42. The first kappa shape index (κ1) is 15.0. The van der Waals surface area contributed by atoms with Gasteiger partial charge in [-0.05, 0) is 25.0 Å². The molecule has 0 saturated carbocycles. The molecule has 1 aromatic carbocycles. The van der Waals surface area contributed by atoms with E-state index in [4.69, 9.17) is 4.42 Å². The molecule has 1 aromatic heterocycles. The molecule has 2 rings (SSSR count). The summed E-state index contributed by atoms with van der Waals surface area (Å²) in [5.41, 5.74) is 1.59. The lowest BCUT2D eigenvalue weighted by Crippen LogP contribution is -2.02. The maximum atomic E-state index is 12.2. The third-order valence-electron chi connectivity index (χ3n) is 3.15. The van der Waals surface area contributed by atoms with E-state index in [1.807, 2.05) is 24.3 Å². The Balaban J connectivity index is 2.18. The van der Waals surface area contributed by atoms with Crippen molar-refractivity contribution in [1.29, 1.82) is 0 Å². The summed E-state index contributed by atoms with van der Waals surface area (Å²) in [4.78, 5) is 23.4. The lowest BCUT2D eigenvalue weighted by Gasteiger charge is -1.98. The molecular weight excluding hydrogens is 264 g/mol. The van der Waals surface area contributed by atoms with E-state index in [0.717, 1.165) is 5.56 Å². The van der Waals surface area contributed by atoms with Gasteiger partial charge in [0.25, 0.3) is 0 Å². The van der Waals surface area contributed by atoms with E-state index in [1.165, 1.54) is 6.92 Å². The SMILES string of the molecule is C=CCc1cc(CC(=O)c2ccccc2)oc1CC(C)=O.